The Balaban J connectivity index is 2.19. The van der Waals surface area contributed by atoms with E-state index in [1.807, 2.05) is 30.3 Å². The van der Waals surface area contributed by atoms with Crippen molar-refractivity contribution in [2.45, 2.75) is 38.8 Å². The van der Waals surface area contributed by atoms with E-state index in [1.54, 1.807) is 6.92 Å². The summed E-state index contributed by atoms with van der Waals surface area (Å²) in [6, 6.07) is 7.76. The lowest BCUT2D eigenvalue weighted by Crippen LogP contribution is -2.50. The summed E-state index contributed by atoms with van der Waals surface area (Å²) in [5, 5.41) is 12.2. The fraction of sp³-hybridized carbons (Fsp3) is 0.400. The van der Waals surface area contributed by atoms with E-state index >= 15 is 0 Å². The van der Waals surface area contributed by atoms with Gasteiger partial charge in [0.15, 0.2) is 5.69 Å². The highest BCUT2D eigenvalue weighted by atomic mass is 16.5. The number of hydrogen-bond donors (Lipinski definition) is 2. The average molecular weight is 403 g/mol. The molecular weight excluding hydrogens is 378 g/mol. The summed E-state index contributed by atoms with van der Waals surface area (Å²) in [7, 11) is 1.36. The van der Waals surface area contributed by atoms with Gasteiger partial charge in [0.2, 0.25) is 0 Å². The van der Waals surface area contributed by atoms with Gasteiger partial charge in [-0.2, -0.15) is 0 Å². The van der Waals surface area contributed by atoms with Crippen molar-refractivity contribution in [3.05, 3.63) is 58.3 Å². The maximum Gasteiger partial charge on any atom is 0.354 e. The first-order valence-corrected chi connectivity index (χ1v) is 9.28. The Morgan fingerprint density at radius 1 is 1.21 bits per heavy atom. The molecule has 0 saturated carbocycles. The van der Waals surface area contributed by atoms with E-state index in [-0.39, 0.29) is 6.61 Å². The highest BCUT2D eigenvalue weighted by molar-refractivity contribution is 5.94. The van der Waals surface area contributed by atoms with Gasteiger partial charge in [0.05, 0.1) is 12.6 Å². The van der Waals surface area contributed by atoms with Crippen LogP contribution in [0.2, 0.25) is 0 Å². The van der Waals surface area contributed by atoms with E-state index in [1.165, 1.54) is 14.0 Å². The van der Waals surface area contributed by atoms with E-state index in [9.17, 15) is 24.3 Å². The number of benzene rings is 1. The molecule has 0 aliphatic carbocycles. The first kappa shape index (κ1) is 22.1. The molecule has 1 heterocycles. The second-order valence-corrected chi connectivity index (χ2v) is 6.60. The summed E-state index contributed by atoms with van der Waals surface area (Å²) in [6.07, 6.45) is 2.02. The molecule has 2 aromatic rings. The Kier molecular flexibility index (Phi) is 7.49. The summed E-state index contributed by atoms with van der Waals surface area (Å²) >= 11 is 0. The number of carboxylic acid groups (broad SMARTS) is 1. The number of aryl methyl sites for hydroxylation is 2. The number of imidazole rings is 1. The number of aromatic carboxylic acids is 1. The molecule has 29 heavy (non-hydrogen) atoms. The Hall–Kier alpha value is -3.20. The van der Waals surface area contributed by atoms with E-state index in [0.717, 1.165) is 16.3 Å². The first-order valence-electron chi connectivity index (χ1n) is 9.28. The minimum absolute atomic E-state index is 0.186. The molecule has 0 spiro atoms. The van der Waals surface area contributed by atoms with Crippen LogP contribution in [-0.2, 0) is 23.0 Å². The van der Waals surface area contributed by atoms with Crippen LogP contribution in [0.25, 0.3) is 0 Å². The number of esters is 1. The van der Waals surface area contributed by atoms with Gasteiger partial charge in [-0.25, -0.2) is 14.2 Å². The first-order chi connectivity index (χ1) is 13.8. The molecule has 2 rings (SSSR count). The Morgan fingerprint density at radius 2 is 1.86 bits per heavy atom. The second kappa shape index (κ2) is 9.83. The van der Waals surface area contributed by atoms with Crippen LogP contribution in [0.15, 0.2) is 41.3 Å². The minimum Gasteiger partial charge on any atom is -0.477 e. The molecule has 0 unspecified atom stereocenters. The lowest BCUT2D eigenvalue weighted by atomic mass is 10.0. The van der Waals surface area contributed by atoms with E-state index in [4.69, 9.17) is 4.74 Å². The summed E-state index contributed by atoms with van der Waals surface area (Å²) in [5.41, 5.74) is -0.179. The zero-order chi connectivity index (χ0) is 21.6. The lowest BCUT2D eigenvalue weighted by Gasteiger charge is -2.21. The monoisotopic (exact) mass is 403 g/mol. The molecule has 9 nitrogen and oxygen atoms in total. The molecule has 1 aromatic carbocycles. The molecule has 2 N–H and O–H groups in total. The molecule has 0 aliphatic rings. The molecule has 0 aliphatic heterocycles. The van der Waals surface area contributed by atoms with Crippen LogP contribution in [-0.4, -0.2) is 50.8 Å². The number of carboxylic acids is 1. The standard InChI is InChI=1S/C20H25N3O6/c1-4-29-19(27)15(11-10-14-8-6-5-7-9-14)21-13(2)17(24)23-16(18(25)26)12-22(3)20(23)28/h5-9,12-13,15,21H,4,10-11H2,1-3H3,(H,25,26)/t13-,15-/m0/s1. The predicted octanol–water partition coefficient (Wildman–Crippen LogP) is 1.07. The quantitative estimate of drug-likeness (QED) is 0.601. The van der Waals surface area contributed by atoms with E-state index < -0.39 is 41.3 Å². The molecule has 0 bridgehead atoms. The fourth-order valence-electron chi connectivity index (χ4n) is 2.96. The van der Waals surface area contributed by atoms with Gasteiger partial charge >= 0.3 is 17.6 Å². The number of nitrogens with one attached hydrogen (secondary N) is 1. The molecule has 0 amide bonds. The predicted molar refractivity (Wildman–Crippen MR) is 105 cm³/mol. The van der Waals surface area contributed by atoms with Crippen LogP contribution in [0.3, 0.4) is 0 Å². The largest absolute Gasteiger partial charge is 0.477 e. The number of aromatic nitrogens is 2. The molecule has 1 aromatic heterocycles. The summed E-state index contributed by atoms with van der Waals surface area (Å²) in [5.74, 6) is -2.67. The van der Waals surface area contributed by atoms with Crippen molar-refractivity contribution in [1.29, 1.82) is 0 Å². The van der Waals surface area contributed by atoms with Gasteiger partial charge in [-0.05, 0) is 32.3 Å². The zero-order valence-electron chi connectivity index (χ0n) is 16.6. The third-order valence-corrected chi connectivity index (χ3v) is 4.45. The molecule has 156 valence electrons. The fourth-order valence-corrected chi connectivity index (χ4v) is 2.96. The van der Waals surface area contributed by atoms with E-state index in [2.05, 4.69) is 5.32 Å². The third kappa shape index (κ3) is 5.41. The molecule has 0 saturated heterocycles. The van der Waals surface area contributed by atoms with Crippen molar-refractivity contribution in [2.24, 2.45) is 7.05 Å². The van der Waals surface area contributed by atoms with E-state index in [0.29, 0.717) is 17.4 Å². The molecule has 9 heteroatoms. The minimum atomic E-state index is -1.39. The van der Waals surface area contributed by atoms with Crippen LogP contribution in [0.1, 0.15) is 41.1 Å². The molecule has 0 fully saturated rings. The number of rotatable bonds is 9. The van der Waals surface area contributed by atoms with Crippen molar-refractivity contribution in [3.63, 3.8) is 0 Å². The molecular formula is C20H25N3O6. The van der Waals surface area contributed by atoms with Crippen LogP contribution in [0.5, 0.6) is 0 Å². The molecule has 0 radical (unpaired) electrons. The lowest BCUT2D eigenvalue weighted by molar-refractivity contribution is -0.145. The van der Waals surface area contributed by atoms with Crippen molar-refractivity contribution in [1.82, 2.24) is 14.5 Å². The Labute approximate surface area is 167 Å². The van der Waals surface area contributed by atoms with Gasteiger partial charge in [0.25, 0.3) is 5.91 Å². The van der Waals surface area contributed by atoms with Crippen molar-refractivity contribution >= 4 is 17.8 Å². The highest BCUT2D eigenvalue weighted by Gasteiger charge is 2.29. The van der Waals surface area contributed by atoms with Gasteiger partial charge < -0.3 is 14.4 Å². The van der Waals surface area contributed by atoms with Crippen molar-refractivity contribution in [2.75, 3.05) is 6.61 Å². The Bertz CT molecular complexity index is 931. The summed E-state index contributed by atoms with van der Waals surface area (Å²) < 4.78 is 6.71. The Morgan fingerprint density at radius 3 is 2.45 bits per heavy atom. The second-order valence-electron chi connectivity index (χ2n) is 6.60. The van der Waals surface area contributed by atoms with Crippen LogP contribution >= 0.6 is 0 Å². The van der Waals surface area contributed by atoms with Gasteiger partial charge in [-0.15, -0.1) is 0 Å². The number of carbonyl (C=O) groups is 3. The van der Waals surface area contributed by atoms with Gasteiger partial charge in [-0.1, -0.05) is 30.3 Å². The maximum atomic E-state index is 12.8. The molecule has 2 atom stereocenters. The van der Waals surface area contributed by atoms with Gasteiger partial charge in [-0.3, -0.25) is 14.9 Å². The number of ether oxygens (including phenoxy) is 1. The third-order valence-electron chi connectivity index (χ3n) is 4.45. The average Bonchev–Trinajstić information content (AvgIpc) is 3.00. The number of nitrogens with zero attached hydrogens (tertiary/aromatic N) is 2. The normalized spacial score (nSPS) is 12.9. The van der Waals surface area contributed by atoms with Crippen LogP contribution in [0, 0.1) is 0 Å². The van der Waals surface area contributed by atoms with Gasteiger partial charge in [0.1, 0.15) is 6.04 Å². The van der Waals surface area contributed by atoms with Crippen LogP contribution < -0.4 is 11.0 Å². The maximum absolute atomic E-state index is 12.8. The van der Waals surface area contributed by atoms with Gasteiger partial charge in [0, 0.05) is 13.2 Å². The van der Waals surface area contributed by atoms with Crippen molar-refractivity contribution < 1.29 is 24.2 Å². The number of hydrogen-bond acceptors (Lipinski definition) is 6. The smallest absolute Gasteiger partial charge is 0.354 e. The summed E-state index contributed by atoms with van der Waals surface area (Å²) in [6.45, 7) is 3.34. The number of carbonyl (C=O) groups excluding carboxylic acids is 2. The summed E-state index contributed by atoms with van der Waals surface area (Å²) in [4.78, 5) is 48.7. The topological polar surface area (TPSA) is 120 Å². The van der Waals surface area contributed by atoms with Crippen LogP contribution in [0.4, 0.5) is 0 Å². The zero-order valence-corrected chi connectivity index (χ0v) is 16.6. The SMILES string of the molecule is CCOC(=O)[C@H](CCc1ccccc1)N[C@@H](C)C(=O)n1c(C(=O)O)cn(C)c1=O. The van der Waals surface area contributed by atoms with Crippen molar-refractivity contribution in [3.8, 4) is 0 Å². The highest BCUT2D eigenvalue weighted by Crippen LogP contribution is 2.08.